The maximum atomic E-state index is 11.7. The van der Waals surface area contributed by atoms with Crippen molar-refractivity contribution in [1.29, 1.82) is 0 Å². The maximum Gasteiger partial charge on any atom is 0.309 e. The number of oxime groups is 1. The van der Waals surface area contributed by atoms with Gasteiger partial charge in [0, 0.05) is 36.1 Å². The van der Waals surface area contributed by atoms with Crippen molar-refractivity contribution in [3.8, 4) is 0 Å². The molecule has 1 atom stereocenters. The number of ether oxygens (including phenoxy) is 1. The van der Waals surface area contributed by atoms with Gasteiger partial charge < -0.3 is 14.7 Å². The Morgan fingerprint density at radius 1 is 1.41 bits per heavy atom. The van der Waals surface area contributed by atoms with E-state index in [0.29, 0.717) is 38.9 Å². The summed E-state index contributed by atoms with van der Waals surface area (Å²) in [6.07, 6.45) is 2.02. The first-order chi connectivity index (χ1) is 10.6. The molecule has 0 aromatic heterocycles. The lowest BCUT2D eigenvalue weighted by Crippen LogP contribution is -2.40. The van der Waals surface area contributed by atoms with E-state index < -0.39 is 11.4 Å². The van der Waals surface area contributed by atoms with Gasteiger partial charge in [-0.15, -0.1) is 0 Å². The highest BCUT2D eigenvalue weighted by Gasteiger charge is 2.43. The SMILES string of the molecule is O=C(O)C1(C[C@H]2CC(c3cccc(Br)c3)=NO2)CCOCC1. The third kappa shape index (κ3) is 3.17. The zero-order valence-corrected chi connectivity index (χ0v) is 13.7. The second kappa shape index (κ2) is 6.38. The summed E-state index contributed by atoms with van der Waals surface area (Å²) >= 11 is 3.44. The summed E-state index contributed by atoms with van der Waals surface area (Å²) in [7, 11) is 0. The van der Waals surface area contributed by atoms with Crippen molar-refractivity contribution in [2.75, 3.05) is 13.2 Å². The van der Waals surface area contributed by atoms with Gasteiger partial charge in [0.15, 0.2) is 0 Å². The first kappa shape index (κ1) is 15.5. The van der Waals surface area contributed by atoms with E-state index in [4.69, 9.17) is 9.57 Å². The molecule has 6 heteroatoms. The first-order valence-corrected chi connectivity index (χ1v) is 8.18. The van der Waals surface area contributed by atoms with Crippen molar-refractivity contribution in [3.63, 3.8) is 0 Å². The third-order valence-corrected chi connectivity index (χ3v) is 4.91. The van der Waals surface area contributed by atoms with Crippen LogP contribution in [0.4, 0.5) is 0 Å². The number of carbonyl (C=O) groups is 1. The van der Waals surface area contributed by atoms with Crippen LogP contribution in [0, 0.1) is 5.41 Å². The van der Waals surface area contributed by atoms with Crippen LogP contribution in [0.15, 0.2) is 33.9 Å². The zero-order valence-electron chi connectivity index (χ0n) is 12.1. The Bertz CT molecular complexity index is 596. The molecule has 2 aliphatic rings. The van der Waals surface area contributed by atoms with Gasteiger partial charge in [-0.25, -0.2) is 0 Å². The number of rotatable bonds is 4. The molecular weight excluding hydrogens is 350 g/mol. The van der Waals surface area contributed by atoms with Crippen LogP contribution in [0.1, 0.15) is 31.2 Å². The van der Waals surface area contributed by atoms with Gasteiger partial charge in [0.25, 0.3) is 0 Å². The number of nitrogens with zero attached hydrogens (tertiary/aromatic N) is 1. The molecule has 0 spiro atoms. The Morgan fingerprint density at radius 2 is 2.18 bits per heavy atom. The van der Waals surface area contributed by atoms with E-state index >= 15 is 0 Å². The van der Waals surface area contributed by atoms with E-state index in [0.717, 1.165) is 15.7 Å². The van der Waals surface area contributed by atoms with Crippen LogP contribution in [0.25, 0.3) is 0 Å². The monoisotopic (exact) mass is 367 g/mol. The standard InChI is InChI=1S/C16H18BrNO4/c17-12-3-1-2-11(8-12)14-9-13(22-18-14)10-16(15(19)20)4-6-21-7-5-16/h1-3,8,13H,4-7,9-10H2,(H,19,20)/t13-/m1/s1. The molecule has 3 rings (SSSR count). The van der Waals surface area contributed by atoms with Crippen molar-refractivity contribution in [2.24, 2.45) is 10.6 Å². The molecule has 0 amide bonds. The number of hydrogen-bond acceptors (Lipinski definition) is 4. The third-order valence-electron chi connectivity index (χ3n) is 4.41. The number of halogens is 1. The van der Waals surface area contributed by atoms with Crippen LogP contribution in [0.3, 0.4) is 0 Å². The molecule has 5 nitrogen and oxygen atoms in total. The summed E-state index contributed by atoms with van der Waals surface area (Å²) in [4.78, 5) is 17.2. The summed E-state index contributed by atoms with van der Waals surface area (Å²) in [5.41, 5.74) is 1.14. The molecule has 118 valence electrons. The zero-order chi connectivity index (χ0) is 15.6. The van der Waals surface area contributed by atoms with Crippen molar-refractivity contribution < 1.29 is 19.5 Å². The number of hydrogen-bond donors (Lipinski definition) is 1. The van der Waals surface area contributed by atoms with Gasteiger partial charge in [-0.1, -0.05) is 33.2 Å². The average Bonchev–Trinajstić information content (AvgIpc) is 2.96. The van der Waals surface area contributed by atoms with Gasteiger partial charge in [0.1, 0.15) is 6.10 Å². The fraction of sp³-hybridized carbons (Fsp3) is 0.500. The number of benzene rings is 1. The minimum absolute atomic E-state index is 0.178. The Hall–Kier alpha value is -1.40. The smallest absolute Gasteiger partial charge is 0.309 e. The van der Waals surface area contributed by atoms with E-state index in [1.807, 2.05) is 24.3 Å². The van der Waals surface area contributed by atoms with Crippen LogP contribution < -0.4 is 0 Å². The molecule has 1 aromatic carbocycles. The van der Waals surface area contributed by atoms with E-state index in [9.17, 15) is 9.90 Å². The highest BCUT2D eigenvalue weighted by atomic mass is 79.9. The molecule has 2 aliphatic heterocycles. The van der Waals surface area contributed by atoms with Crippen molar-refractivity contribution in [2.45, 2.75) is 31.8 Å². The summed E-state index contributed by atoms with van der Waals surface area (Å²) in [5, 5.41) is 13.8. The van der Waals surface area contributed by atoms with Crippen molar-refractivity contribution >= 4 is 27.6 Å². The van der Waals surface area contributed by atoms with E-state index in [-0.39, 0.29) is 6.10 Å². The lowest BCUT2D eigenvalue weighted by molar-refractivity contribution is -0.158. The fourth-order valence-corrected chi connectivity index (χ4v) is 3.48. The molecular formula is C16H18BrNO4. The first-order valence-electron chi connectivity index (χ1n) is 7.39. The molecule has 22 heavy (non-hydrogen) atoms. The van der Waals surface area contributed by atoms with Crippen LogP contribution in [-0.2, 0) is 14.4 Å². The average molecular weight is 368 g/mol. The van der Waals surface area contributed by atoms with Crippen LogP contribution in [-0.4, -0.2) is 36.1 Å². The second-order valence-corrected chi connectivity index (χ2v) is 6.80. The molecule has 1 N–H and O–H groups in total. The minimum atomic E-state index is -0.754. The Kier molecular flexibility index (Phi) is 4.49. The summed E-state index contributed by atoms with van der Waals surface area (Å²) in [6.45, 7) is 0.997. The number of carboxylic acids is 1. The Morgan fingerprint density at radius 3 is 2.86 bits per heavy atom. The van der Waals surface area contributed by atoms with Crippen LogP contribution in [0.2, 0.25) is 0 Å². The molecule has 0 saturated carbocycles. The van der Waals surface area contributed by atoms with Gasteiger partial charge in [-0.05, 0) is 25.0 Å². The van der Waals surface area contributed by atoms with Gasteiger partial charge in [0.2, 0.25) is 0 Å². The van der Waals surface area contributed by atoms with Crippen molar-refractivity contribution in [1.82, 2.24) is 0 Å². The van der Waals surface area contributed by atoms with Crippen LogP contribution in [0.5, 0.6) is 0 Å². The second-order valence-electron chi connectivity index (χ2n) is 5.88. The normalized spacial score (nSPS) is 23.7. The Balaban J connectivity index is 1.67. The molecule has 0 unspecified atom stereocenters. The number of aliphatic carboxylic acids is 1. The van der Waals surface area contributed by atoms with Gasteiger partial charge in [0.05, 0.1) is 11.1 Å². The molecule has 2 heterocycles. The molecule has 0 radical (unpaired) electrons. The van der Waals surface area contributed by atoms with Gasteiger partial charge >= 0.3 is 5.97 Å². The largest absolute Gasteiger partial charge is 0.481 e. The number of carboxylic acid groups (broad SMARTS) is 1. The lowest BCUT2D eigenvalue weighted by atomic mass is 9.75. The predicted octanol–water partition coefficient (Wildman–Crippen LogP) is 3.21. The molecule has 1 saturated heterocycles. The van der Waals surface area contributed by atoms with E-state index in [1.54, 1.807) is 0 Å². The maximum absolute atomic E-state index is 11.7. The quantitative estimate of drug-likeness (QED) is 0.886. The molecule has 0 aliphatic carbocycles. The topological polar surface area (TPSA) is 68.1 Å². The lowest BCUT2D eigenvalue weighted by Gasteiger charge is -2.34. The van der Waals surface area contributed by atoms with E-state index in [2.05, 4.69) is 21.1 Å². The minimum Gasteiger partial charge on any atom is -0.481 e. The van der Waals surface area contributed by atoms with Gasteiger partial charge in [-0.2, -0.15) is 0 Å². The van der Waals surface area contributed by atoms with Crippen LogP contribution >= 0.6 is 15.9 Å². The molecule has 1 aromatic rings. The molecule has 0 bridgehead atoms. The van der Waals surface area contributed by atoms with Gasteiger partial charge in [-0.3, -0.25) is 4.79 Å². The van der Waals surface area contributed by atoms with Crippen molar-refractivity contribution in [3.05, 3.63) is 34.3 Å². The summed E-state index contributed by atoms with van der Waals surface area (Å²) < 4.78 is 6.29. The highest BCUT2D eigenvalue weighted by molar-refractivity contribution is 9.10. The summed E-state index contributed by atoms with van der Waals surface area (Å²) in [6, 6.07) is 7.88. The fourth-order valence-electron chi connectivity index (χ4n) is 3.08. The molecule has 1 fully saturated rings. The predicted molar refractivity (Wildman–Crippen MR) is 84.9 cm³/mol. The summed E-state index contributed by atoms with van der Waals surface area (Å²) in [5.74, 6) is -0.754. The Labute approximate surface area is 137 Å². The van der Waals surface area contributed by atoms with E-state index in [1.165, 1.54) is 0 Å². The highest BCUT2D eigenvalue weighted by Crippen LogP contribution is 2.38.